The standard InChI is InChI=1S/C11H9NO2/c12-6-9-2-1-8(7-13)5-11(9)14-10-3-4-10/h1-2,5,7,10H,3-4H2. The van der Waals surface area contributed by atoms with E-state index in [9.17, 15) is 4.79 Å². The minimum absolute atomic E-state index is 0.240. The Kier molecular flexibility index (Phi) is 2.19. The zero-order valence-electron chi connectivity index (χ0n) is 7.56. The molecule has 0 radical (unpaired) electrons. The lowest BCUT2D eigenvalue weighted by atomic mass is 10.1. The van der Waals surface area contributed by atoms with Crippen LogP contribution in [0.15, 0.2) is 18.2 Å². The van der Waals surface area contributed by atoms with E-state index >= 15 is 0 Å². The van der Waals surface area contributed by atoms with Crippen LogP contribution in [0, 0.1) is 11.3 Å². The van der Waals surface area contributed by atoms with Crippen molar-refractivity contribution >= 4 is 6.29 Å². The fraction of sp³-hybridized carbons (Fsp3) is 0.273. The molecule has 0 amide bonds. The zero-order chi connectivity index (χ0) is 9.97. The van der Waals surface area contributed by atoms with Gasteiger partial charge in [-0.3, -0.25) is 4.79 Å². The molecule has 0 spiro atoms. The molecule has 0 aliphatic heterocycles. The van der Waals surface area contributed by atoms with E-state index in [-0.39, 0.29) is 6.10 Å². The fourth-order valence-corrected chi connectivity index (χ4v) is 1.17. The number of aldehydes is 1. The maximum Gasteiger partial charge on any atom is 0.150 e. The minimum Gasteiger partial charge on any atom is -0.489 e. The predicted octanol–water partition coefficient (Wildman–Crippen LogP) is 1.91. The molecule has 3 heteroatoms. The number of nitriles is 1. The second-order valence-corrected chi connectivity index (χ2v) is 3.30. The molecule has 1 saturated carbocycles. The first kappa shape index (κ1) is 8.76. The molecule has 0 bridgehead atoms. The van der Waals surface area contributed by atoms with Gasteiger partial charge < -0.3 is 4.74 Å². The van der Waals surface area contributed by atoms with Gasteiger partial charge in [-0.15, -0.1) is 0 Å². The van der Waals surface area contributed by atoms with Crippen molar-refractivity contribution in [2.24, 2.45) is 0 Å². The highest BCUT2D eigenvalue weighted by molar-refractivity contribution is 5.76. The highest BCUT2D eigenvalue weighted by Crippen LogP contribution is 2.29. The normalized spacial score (nSPS) is 14.5. The molecule has 0 saturated heterocycles. The molecule has 1 aromatic rings. The van der Waals surface area contributed by atoms with E-state index in [1.165, 1.54) is 0 Å². The van der Waals surface area contributed by atoms with E-state index in [2.05, 4.69) is 0 Å². The Morgan fingerprint density at radius 3 is 2.86 bits per heavy atom. The summed E-state index contributed by atoms with van der Waals surface area (Å²) in [6, 6.07) is 6.88. The second kappa shape index (κ2) is 3.51. The smallest absolute Gasteiger partial charge is 0.150 e. The third kappa shape index (κ3) is 1.74. The van der Waals surface area contributed by atoms with Gasteiger partial charge in [-0.05, 0) is 25.0 Å². The number of rotatable bonds is 3. The summed E-state index contributed by atoms with van der Waals surface area (Å²) in [6.07, 6.45) is 3.07. The van der Waals surface area contributed by atoms with Crippen molar-refractivity contribution in [3.05, 3.63) is 29.3 Å². The minimum atomic E-state index is 0.240. The van der Waals surface area contributed by atoms with Crippen molar-refractivity contribution in [2.75, 3.05) is 0 Å². The molecule has 0 heterocycles. The highest BCUT2D eigenvalue weighted by atomic mass is 16.5. The van der Waals surface area contributed by atoms with Gasteiger partial charge in [0.15, 0.2) is 0 Å². The Morgan fingerprint density at radius 1 is 1.50 bits per heavy atom. The summed E-state index contributed by atoms with van der Waals surface area (Å²) in [5.41, 5.74) is 1.03. The van der Waals surface area contributed by atoms with Gasteiger partial charge in [-0.1, -0.05) is 6.07 Å². The van der Waals surface area contributed by atoms with Crippen LogP contribution in [0.1, 0.15) is 28.8 Å². The highest BCUT2D eigenvalue weighted by Gasteiger charge is 2.24. The molecule has 1 aliphatic carbocycles. The largest absolute Gasteiger partial charge is 0.489 e. The Labute approximate surface area is 81.9 Å². The van der Waals surface area contributed by atoms with Crippen LogP contribution in [0.3, 0.4) is 0 Å². The summed E-state index contributed by atoms with van der Waals surface area (Å²) in [5.74, 6) is 0.527. The first-order valence-corrected chi connectivity index (χ1v) is 4.49. The van der Waals surface area contributed by atoms with E-state index in [1.807, 2.05) is 6.07 Å². The fourth-order valence-electron chi connectivity index (χ4n) is 1.17. The summed E-state index contributed by atoms with van der Waals surface area (Å²) in [5, 5.41) is 8.80. The molecule has 0 N–H and O–H groups in total. The number of carbonyl (C=O) groups excluding carboxylic acids is 1. The molecule has 70 valence electrons. The van der Waals surface area contributed by atoms with Crippen molar-refractivity contribution in [1.29, 1.82) is 5.26 Å². The lowest BCUT2D eigenvalue weighted by Crippen LogP contribution is -1.98. The molecular formula is C11H9NO2. The Morgan fingerprint density at radius 2 is 2.29 bits per heavy atom. The summed E-state index contributed by atoms with van der Waals surface area (Å²) >= 11 is 0. The van der Waals surface area contributed by atoms with Gasteiger partial charge in [-0.25, -0.2) is 0 Å². The monoisotopic (exact) mass is 187 g/mol. The van der Waals surface area contributed by atoms with Crippen LogP contribution in [-0.4, -0.2) is 12.4 Å². The number of hydrogen-bond donors (Lipinski definition) is 0. The van der Waals surface area contributed by atoms with Gasteiger partial charge >= 0.3 is 0 Å². The zero-order valence-corrected chi connectivity index (χ0v) is 7.56. The Balaban J connectivity index is 2.31. The number of nitrogens with zero attached hydrogens (tertiary/aromatic N) is 1. The van der Waals surface area contributed by atoms with Gasteiger partial charge in [0.05, 0.1) is 11.7 Å². The average molecular weight is 187 g/mol. The summed E-state index contributed by atoms with van der Waals surface area (Å²) in [4.78, 5) is 10.5. The Hall–Kier alpha value is -1.82. The molecule has 0 atom stereocenters. The van der Waals surface area contributed by atoms with Crippen molar-refractivity contribution in [2.45, 2.75) is 18.9 Å². The Bertz CT molecular complexity index is 402. The van der Waals surface area contributed by atoms with Crippen molar-refractivity contribution in [1.82, 2.24) is 0 Å². The van der Waals surface area contributed by atoms with E-state index < -0.39 is 0 Å². The molecule has 14 heavy (non-hydrogen) atoms. The van der Waals surface area contributed by atoms with E-state index in [0.717, 1.165) is 19.1 Å². The van der Waals surface area contributed by atoms with Crippen LogP contribution < -0.4 is 4.74 Å². The molecule has 0 aromatic heterocycles. The number of ether oxygens (including phenoxy) is 1. The van der Waals surface area contributed by atoms with E-state index in [1.54, 1.807) is 18.2 Å². The van der Waals surface area contributed by atoms with E-state index in [0.29, 0.717) is 16.9 Å². The number of carbonyl (C=O) groups is 1. The predicted molar refractivity (Wildman–Crippen MR) is 50.2 cm³/mol. The van der Waals surface area contributed by atoms with Crippen LogP contribution in [0.2, 0.25) is 0 Å². The van der Waals surface area contributed by atoms with Crippen molar-refractivity contribution in [3.63, 3.8) is 0 Å². The van der Waals surface area contributed by atoms with Crippen molar-refractivity contribution in [3.8, 4) is 11.8 Å². The first-order valence-electron chi connectivity index (χ1n) is 4.49. The van der Waals surface area contributed by atoms with Crippen LogP contribution in [0.4, 0.5) is 0 Å². The van der Waals surface area contributed by atoms with Crippen LogP contribution in [0.5, 0.6) is 5.75 Å². The second-order valence-electron chi connectivity index (χ2n) is 3.30. The maximum absolute atomic E-state index is 10.5. The van der Waals surface area contributed by atoms with E-state index in [4.69, 9.17) is 10.00 Å². The quantitative estimate of drug-likeness (QED) is 0.679. The van der Waals surface area contributed by atoms with Gasteiger partial charge in [0.2, 0.25) is 0 Å². The first-order chi connectivity index (χ1) is 6.83. The topological polar surface area (TPSA) is 50.1 Å². The van der Waals surface area contributed by atoms with Crippen LogP contribution in [0.25, 0.3) is 0 Å². The molecule has 0 unspecified atom stereocenters. The molecule has 1 aliphatic rings. The SMILES string of the molecule is N#Cc1ccc(C=O)cc1OC1CC1. The average Bonchev–Trinajstić information content (AvgIpc) is 3.01. The summed E-state index contributed by atoms with van der Waals surface area (Å²) in [6.45, 7) is 0. The van der Waals surface area contributed by atoms with Crippen LogP contribution in [-0.2, 0) is 0 Å². The third-order valence-corrected chi connectivity index (χ3v) is 2.08. The maximum atomic E-state index is 10.5. The lowest BCUT2D eigenvalue weighted by Gasteiger charge is -2.06. The molecular weight excluding hydrogens is 178 g/mol. The molecule has 3 nitrogen and oxygen atoms in total. The van der Waals surface area contributed by atoms with Gasteiger partial charge in [0.25, 0.3) is 0 Å². The molecule has 1 fully saturated rings. The number of hydrogen-bond acceptors (Lipinski definition) is 3. The van der Waals surface area contributed by atoms with Gasteiger partial charge in [0.1, 0.15) is 18.1 Å². The molecule has 2 rings (SSSR count). The summed E-state index contributed by atoms with van der Waals surface area (Å²) in [7, 11) is 0. The molecule has 1 aromatic carbocycles. The lowest BCUT2D eigenvalue weighted by molar-refractivity contribution is 0.112. The third-order valence-electron chi connectivity index (χ3n) is 2.08. The van der Waals surface area contributed by atoms with Crippen molar-refractivity contribution < 1.29 is 9.53 Å². The summed E-state index contributed by atoms with van der Waals surface area (Å²) < 4.78 is 5.51. The van der Waals surface area contributed by atoms with Gasteiger partial charge in [-0.2, -0.15) is 5.26 Å². The van der Waals surface area contributed by atoms with Crippen LogP contribution >= 0.6 is 0 Å². The van der Waals surface area contributed by atoms with Gasteiger partial charge in [0, 0.05) is 5.56 Å². The number of benzene rings is 1.